The topological polar surface area (TPSA) is 61.8 Å². The third-order valence-corrected chi connectivity index (χ3v) is 12.1. The molecule has 0 aliphatic rings. The van der Waals surface area contributed by atoms with Crippen molar-refractivity contribution in [3.05, 3.63) is 36.5 Å². The summed E-state index contributed by atoms with van der Waals surface area (Å²) in [5.41, 5.74) is 0. The zero-order valence-electron chi connectivity index (χ0n) is 41.9. The van der Waals surface area contributed by atoms with Crippen LogP contribution in [0.5, 0.6) is 0 Å². The molecule has 0 saturated heterocycles. The molecule has 1 atom stereocenters. The zero-order chi connectivity index (χ0) is 44.9. The Balaban J connectivity index is 4.23. The average molecular weight is 871 g/mol. The predicted octanol–water partition coefficient (Wildman–Crippen LogP) is 18.6. The average Bonchev–Trinajstić information content (AvgIpc) is 3.27. The van der Waals surface area contributed by atoms with Crippen LogP contribution < -0.4 is 0 Å². The van der Waals surface area contributed by atoms with Gasteiger partial charge in [-0.25, -0.2) is 0 Å². The molecule has 1 unspecified atom stereocenters. The van der Waals surface area contributed by atoms with Crippen LogP contribution >= 0.6 is 0 Å². The Labute approximate surface area is 387 Å². The van der Waals surface area contributed by atoms with Crippen LogP contribution in [0.25, 0.3) is 0 Å². The molecule has 0 rings (SSSR count). The van der Waals surface area contributed by atoms with Gasteiger partial charge in [-0.05, 0) is 70.6 Å². The molecule has 0 spiro atoms. The highest BCUT2D eigenvalue weighted by atomic mass is 16.6. The number of rotatable bonds is 51. The summed E-state index contributed by atoms with van der Waals surface area (Å²) in [6, 6.07) is 0. The fourth-order valence-corrected chi connectivity index (χ4v) is 8.01. The summed E-state index contributed by atoms with van der Waals surface area (Å²) in [4.78, 5) is 25.4. The Bertz CT molecular complexity index is 986. The summed E-state index contributed by atoms with van der Waals surface area (Å²) >= 11 is 0. The minimum absolute atomic E-state index is 0.0800. The van der Waals surface area contributed by atoms with E-state index in [4.69, 9.17) is 14.2 Å². The highest BCUT2D eigenvalue weighted by Crippen LogP contribution is 2.16. The standard InChI is InChI=1S/C57H106O5/c1-4-7-10-13-16-19-22-25-27-28-29-31-34-37-40-43-46-49-52-60-53-55(62-57(59)51-48-45-42-39-36-32-24-21-18-15-12-9-6-3)54-61-56(58)50-47-44-41-38-35-33-30-26-23-20-17-14-11-8-5-2/h12,15,21,24,26,30,55H,4-11,13-14,16-20,22-23,25,27-29,31-54H2,1-3H3/b15-12-,24-21-,30-26-. The van der Waals surface area contributed by atoms with E-state index < -0.39 is 6.10 Å². The number of ether oxygens (including phenoxy) is 3. The van der Waals surface area contributed by atoms with E-state index in [0.29, 0.717) is 19.4 Å². The van der Waals surface area contributed by atoms with Crippen LogP contribution in [-0.2, 0) is 23.8 Å². The van der Waals surface area contributed by atoms with Crippen LogP contribution in [0.3, 0.4) is 0 Å². The van der Waals surface area contributed by atoms with Crippen LogP contribution in [-0.4, -0.2) is 37.9 Å². The van der Waals surface area contributed by atoms with E-state index in [2.05, 4.69) is 57.2 Å². The maximum Gasteiger partial charge on any atom is 0.306 e. The number of carbonyl (C=O) groups is 2. The van der Waals surface area contributed by atoms with Gasteiger partial charge < -0.3 is 14.2 Å². The molecule has 0 aromatic carbocycles. The van der Waals surface area contributed by atoms with Gasteiger partial charge in [0.15, 0.2) is 6.10 Å². The molecule has 0 saturated carbocycles. The molecule has 0 heterocycles. The number of hydrogen-bond acceptors (Lipinski definition) is 5. The van der Waals surface area contributed by atoms with Gasteiger partial charge in [0.25, 0.3) is 0 Å². The predicted molar refractivity (Wildman–Crippen MR) is 270 cm³/mol. The van der Waals surface area contributed by atoms with Crippen LogP contribution in [0.4, 0.5) is 0 Å². The molecule has 0 bridgehead atoms. The van der Waals surface area contributed by atoms with E-state index in [-0.39, 0.29) is 25.2 Å². The number of allylic oxidation sites excluding steroid dienone is 6. The molecule has 0 fully saturated rings. The molecule has 62 heavy (non-hydrogen) atoms. The molecule has 0 radical (unpaired) electrons. The van der Waals surface area contributed by atoms with E-state index in [1.54, 1.807) is 0 Å². The lowest BCUT2D eigenvalue weighted by Gasteiger charge is -2.18. The van der Waals surface area contributed by atoms with E-state index in [1.807, 2.05) is 0 Å². The molecule has 0 aromatic rings. The van der Waals surface area contributed by atoms with Crippen molar-refractivity contribution >= 4 is 11.9 Å². The third kappa shape index (κ3) is 50.8. The first-order valence-electron chi connectivity index (χ1n) is 27.5. The minimum atomic E-state index is -0.542. The first kappa shape index (κ1) is 60.1. The van der Waals surface area contributed by atoms with Crippen molar-refractivity contribution in [1.29, 1.82) is 0 Å². The van der Waals surface area contributed by atoms with Crippen LogP contribution in [0.2, 0.25) is 0 Å². The van der Waals surface area contributed by atoms with Gasteiger partial charge in [0.2, 0.25) is 0 Å². The lowest BCUT2D eigenvalue weighted by Crippen LogP contribution is -2.30. The SMILES string of the molecule is CCC/C=C\C/C=C\CCCCCCCC(=O)OC(COCCCCCCCCCCCCCCCCCCCC)COC(=O)CCCCCCC/C=C\CCCCCCCC. The van der Waals surface area contributed by atoms with Gasteiger partial charge in [0.1, 0.15) is 6.61 Å². The van der Waals surface area contributed by atoms with Gasteiger partial charge in [0, 0.05) is 19.4 Å². The van der Waals surface area contributed by atoms with Crippen LogP contribution in [0.15, 0.2) is 36.5 Å². The maximum atomic E-state index is 12.8. The molecule has 0 amide bonds. The van der Waals surface area contributed by atoms with E-state index >= 15 is 0 Å². The normalized spacial score (nSPS) is 12.4. The van der Waals surface area contributed by atoms with Crippen molar-refractivity contribution in [3.63, 3.8) is 0 Å². The molecule has 364 valence electrons. The van der Waals surface area contributed by atoms with Crippen LogP contribution in [0.1, 0.15) is 290 Å². The second-order valence-electron chi connectivity index (χ2n) is 18.5. The van der Waals surface area contributed by atoms with Gasteiger partial charge >= 0.3 is 11.9 Å². The van der Waals surface area contributed by atoms with Crippen molar-refractivity contribution in [3.8, 4) is 0 Å². The minimum Gasteiger partial charge on any atom is -0.462 e. The highest BCUT2D eigenvalue weighted by molar-refractivity contribution is 5.70. The second-order valence-corrected chi connectivity index (χ2v) is 18.5. The van der Waals surface area contributed by atoms with Crippen LogP contribution in [0, 0.1) is 0 Å². The fourth-order valence-electron chi connectivity index (χ4n) is 8.01. The first-order valence-corrected chi connectivity index (χ1v) is 27.5. The zero-order valence-corrected chi connectivity index (χ0v) is 41.9. The molecular weight excluding hydrogens is 765 g/mol. The number of hydrogen-bond donors (Lipinski definition) is 0. The second kappa shape index (κ2) is 53.5. The number of carbonyl (C=O) groups excluding carboxylic acids is 2. The number of unbranched alkanes of at least 4 members (excludes halogenated alkanes) is 34. The summed E-state index contributed by atoms with van der Waals surface area (Å²) in [6.07, 6.45) is 64.4. The smallest absolute Gasteiger partial charge is 0.306 e. The third-order valence-electron chi connectivity index (χ3n) is 12.1. The monoisotopic (exact) mass is 871 g/mol. The molecule has 5 nitrogen and oxygen atoms in total. The summed E-state index contributed by atoms with van der Waals surface area (Å²) in [5, 5.41) is 0. The molecule has 5 heteroatoms. The Kier molecular flexibility index (Phi) is 51.8. The van der Waals surface area contributed by atoms with Crippen molar-refractivity contribution in [2.75, 3.05) is 19.8 Å². The van der Waals surface area contributed by atoms with Gasteiger partial charge in [-0.3, -0.25) is 9.59 Å². The lowest BCUT2D eigenvalue weighted by atomic mass is 10.0. The van der Waals surface area contributed by atoms with Gasteiger partial charge in [0.05, 0.1) is 6.61 Å². The van der Waals surface area contributed by atoms with Gasteiger partial charge in [-0.1, -0.05) is 243 Å². The largest absolute Gasteiger partial charge is 0.462 e. The number of esters is 2. The Morgan fingerprint density at radius 2 is 0.710 bits per heavy atom. The van der Waals surface area contributed by atoms with Crippen molar-refractivity contribution < 1.29 is 23.8 Å². The van der Waals surface area contributed by atoms with Crippen molar-refractivity contribution in [2.45, 2.75) is 297 Å². The summed E-state index contributed by atoms with van der Waals surface area (Å²) in [6.45, 7) is 7.79. The van der Waals surface area contributed by atoms with Crippen molar-refractivity contribution in [1.82, 2.24) is 0 Å². The highest BCUT2D eigenvalue weighted by Gasteiger charge is 2.17. The van der Waals surface area contributed by atoms with E-state index in [0.717, 1.165) is 64.2 Å². The van der Waals surface area contributed by atoms with Gasteiger partial charge in [-0.15, -0.1) is 0 Å². The molecule has 0 N–H and O–H groups in total. The summed E-state index contributed by atoms with van der Waals surface area (Å²) in [7, 11) is 0. The van der Waals surface area contributed by atoms with E-state index in [1.165, 1.54) is 193 Å². The quantitative estimate of drug-likeness (QED) is 0.0346. The molecular formula is C57H106O5. The molecule has 0 aliphatic heterocycles. The molecule has 0 aromatic heterocycles. The Morgan fingerprint density at radius 1 is 0.355 bits per heavy atom. The van der Waals surface area contributed by atoms with Crippen molar-refractivity contribution in [2.24, 2.45) is 0 Å². The summed E-state index contributed by atoms with van der Waals surface area (Å²) < 4.78 is 17.4. The Morgan fingerprint density at radius 3 is 1.15 bits per heavy atom. The maximum absolute atomic E-state index is 12.8. The van der Waals surface area contributed by atoms with E-state index in [9.17, 15) is 9.59 Å². The molecule has 0 aliphatic carbocycles. The lowest BCUT2D eigenvalue weighted by molar-refractivity contribution is -0.163. The fraction of sp³-hybridized carbons (Fsp3) is 0.860. The Hall–Kier alpha value is -1.88. The van der Waals surface area contributed by atoms with Gasteiger partial charge in [-0.2, -0.15) is 0 Å². The summed E-state index contributed by atoms with van der Waals surface area (Å²) in [5.74, 6) is -0.408. The first-order chi connectivity index (χ1) is 30.6.